The van der Waals surface area contributed by atoms with Gasteiger partial charge >= 0.3 is 12.0 Å². The highest BCUT2D eigenvalue weighted by Crippen LogP contribution is 2.16. The smallest absolute Gasteiger partial charge is 0.329 e. The minimum absolute atomic E-state index is 0.233. The molecule has 1 aromatic carbocycles. The number of para-hydroxylation sites is 1. The molecule has 1 fully saturated rings. The van der Waals surface area contributed by atoms with Gasteiger partial charge in [0.15, 0.2) is 6.10 Å². The van der Waals surface area contributed by atoms with E-state index < -0.39 is 24.1 Å². The minimum Gasteiger partial charge on any atom is -0.451 e. The number of thioether (sulfide) groups is 1. The summed E-state index contributed by atoms with van der Waals surface area (Å²) in [6.07, 6.45) is 1.37. The van der Waals surface area contributed by atoms with Crippen molar-refractivity contribution < 1.29 is 19.1 Å². The zero-order chi connectivity index (χ0) is 20.5. The lowest BCUT2D eigenvalue weighted by atomic mass is 10.2. The van der Waals surface area contributed by atoms with Crippen molar-refractivity contribution in [3.05, 3.63) is 30.3 Å². The van der Waals surface area contributed by atoms with Crippen molar-refractivity contribution in [3.8, 4) is 0 Å². The first-order valence-electron chi connectivity index (χ1n) is 9.26. The van der Waals surface area contributed by atoms with Crippen LogP contribution in [-0.2, 0) is 14.3 Å². The molecule has 0 aliphatic carbocycles. The molecule has 8 nitrogen and oxygen atoms in total. The molecule has 9 heteroatoms. The van der Waals surface area contributed by atoms with E-state index in [1.165, 1.54) is 0 Å². The Morgan fingerprint density at radius 1 is 1.18 bits per heavy atom. The SMILES string of the molecule is CSCC[C@@H](NC(N)=O)C(=O)O[C@@H](C)C(=O)N1CCN(c2ccccc2)CC1. The van der Waals surface area contributed by atoms with E-state index in [-0.39, 0.29) is 5.91 Å². The Balaban J connectivity index is 1.86. The highest BCUT2D eigenvalue weighted by molar-refractivity contribution is 7.98. The van der Waals surface area contributed by atoms with Gasteiger partial charge in [-0.15, -0.1) is 0 Å². The number of hydrogen-bond acceptors (Lipinski definition) is 6. The van der Waals surface area contributed by atoms with E-state index in [4.69, 9.17) is 10.5 Å². The van der Waals surface area contributed by atoms with E-state index in [2.05, 4.69) is 10.2 Å². The Labute approximate surface area is 169 Å². The van der Waals surface area contributed by atoms with E-state index in [0.717, 1.165) is 18.8 Å². The van der Waals surface area contributed by atoms with E-state index in [9.17, 15) is 14.4 Å². The summed E-state index contributed by atoms with van der Waals surface area (Å²) in [5, 5.41) is 2.38. The van der Waals surface area contributed by atoms with Crippen molar-refractivity contribution in [2.75, 3.05) is 43.1 Å². The van der Waals surface area contributed by atoms with Crippen LogP contribution in [0.2, 0.25) is 0 Å². The van der Waals surface area contributed by atoms with Crippen molar-refractivity contribution >= 4 is 35.4 Å². The normalized spacial score (nSPS) is 16.2. The highest BCUT2D eigenvalue weighted by Gasteiger charge is 2.30. The third-order valence-electron chi connectivity index (χ3n) is 4.57. The highest BCUT2D eigenvalue weighted by atomic mass is 32.2. The molecule has 0 unspecified atom stereocenters. The number of amides is 3. The Hall–Kier alpha value is -2.42. The first-order chi connectivity index (χ1) is 13.4. The van der Waals surface area contributed by atoms with Crippen LogP contribution in [0.4, 0.5) is 10.5 Å². The molecule has 28 heavy (non-hydrogen) atoms. The molecule has 0 bridgehead atoms. The first kappa shape index (κ1) is 21.9. The number of anilines is 1. The largest absolute Gasteiger partial charge is 0.451 e. The van der Waals surface area contributed by atoms with Crippen LogP contribution in [0.25, 0.3) is 0 Å². The molecular weight excluding hydrogens is 380 g/mol. The molecule has 1 aromatic rings. The molecule has 1 saturated heterocycles. The quantitative estimate of drug-likeness (QED) is 0.623. The number of nitrogens with one attached hydrogen (secondary N) is 1. The Kier molecular flexibility index (Phi) is 8.43. The zero-order valence-electron chi connectivity index (χ0n) is 16.3. The maximum Gasteiger partial charge on any atom is 0.329 e. The van der Waals surface area contributed by atoms with Crippen LogP contribution >= 0.6 is 11.8 Å². The van der Waals surface area contributed by atoms with Crippen molar-refractivity contribution in [2.45, 2.75) is 25.5 Å². The van der Waals surface area contributed by atoms with Gasteiger partial charge in [-0.3, -0.25) is 4.79 Å². The number of primary amides is 1. The predicted octanol–water partition coefficient (Wildman–Crippen LogP) is 1.06. The molecule has 154 valence electrons. The van der Waals surface area contributed by atoms with Crippen molar-refractivity contribution in [1.82, 2.24) is 10.2 Å². The summed E-state index contributed by atoms with van der Waals surface area (Å²) in [4.78, 5) is 40.0. The molecule has 0 radical (unpaired) electrons. The van der Waals surface area contributed by atoms with Crippen LogP contribution in [0.1, 0.15) is 13.3 Å². The minimum atomic E-state index is -0.915. The first-order valence-corrected chi connectivity index (χ1v) is 10.7. The summed E-state index contributed by atoms with van der Waals surface area (Å²) in [6.45, 7) is 4.11. The van der Waals surface area contributed by atoms with Crippen molar-refractivity contribution in [1.29, 1.82) is 0 Å². The zero-order valence-corrected chi connectivity index (χ0v) is 17.1. The van der Waals surface area contributed by atoms with Gasteiger partial charge in [0, 0.05) is 31.9 Å². The third-order valence-corrected chi connectivity index (χ3v) is 5.21. The van der Waals surface area contributed by atoms with Gasteiger partial charge in [-0.25, -0.2) is 9.59 Å². The standard InChI is InChI=1S/C19H28N4O4S/c1-14(27-18(25)16(8-13-28-2)21-19(20)26)17(24)23-11-9-22(10-12-23)15-6-4-3-5-7-15/h3-7,14,16H,8-13H2,1-2H3,(H3,20,21,26)/t14-,16+/m0/s1. The second kappa shape index (κ2) is 10.8. The Bertz CT molecular complexity index is 665. The molecule has 1 heterocycles. The molecule has 2 atom stereocenters. The summed E-state index contributed by atoms with van der Waals surface area (Å²) in [6, 6.07) is 8.39. The molecule has 1 aliphatic heterocycles. The van der Waals surface area contributed by atoms with Crippen LogP contribution < -0.4 is 16.0 Å². The number of hydrogen-bond donors (Lipinski definition) is 2. The predicted molar refractivity (Wildman–Crippen MR) is 110 cm³/mol. The van der Waals surface area contributed by atoms with Gasteiger partial charge in [0.2, 0.25) is 0 Å². The molecule has 0 aromatic heterocycles. The van der Waals surface area contributed by atoms with E-state index in [0.29, 0.717) is 25.3 Å². The molecule has 2 rings (SSSR count). The monoisotopic (exact) mass is 408 g/mol. The second-order valence-corrected chi connectivity index (χ2v) is 7.56. The Morgan fingerprint density at radius 2 is 1.82 bits per heavy atom. The van der Waals surface area contributed by atoms with Gasteiger partial charge < -0.3 is 25.6 Å². The van der Waals surface area contributed by atoms with E-state index in [1.807, 2.05) is 36.6 Å². The number of benzene rings is 1. The summed E-state index contributed by atoms with van der Waals surface area (Å²) in [5.41, 5.74) is 6.25. The molecule has 3 N–H and O–H groups in total. The van der Waals surface area contributed by atoms with Gasteiger partial charge in [0.25, 0.3) is 5.91 Å². The fraction of sp³-hybridized carbons (Fsp3) is 0.526. The molecule has 0 saturated carbocycles. The number of ether oxygens (including phenoxy) is 1. The molecule has 1 aliphatic rings. The number of carbonyl (C=O) groups excluding carboxylic acids is 3. The van der Waals surface area contributed by atoms with E-state index >= 15 is 0 Å². The van der Waals surface area contributed by atoms with E-state index in [1.54, 1.807) is 23.6 Å². The summed E-state index contributed by atoms with van der Waals surface area (Å²) < 4.78 is 5.31. The maximum absolute atomic E-state index is 12.6. The molecule has 3 amide bonds. The second-order valence-electron chi connectivity index (χ2n) is 6.57. The van der Waals surface area contributed by atoms with Gasteiger partial charge in [0.05, 0.1) is 0 Å². The van der Waals surface area contributed by atoms with Crippen molar-refractivity contribution in [2.24, 2.45) is 5.73 Å². The summed E-state index contributed by atoms with van der Waals surface area (Å²) in [5.74, 6) is -0.218. The summed E-state index contributed by atoms with van der Waals surface area (Å²) >= 11 is 1.54. The van der Waals surface area contributed by atoms with Gasteiger partial charge in [0.1, 0.15) is 6.04 Å². The topological polar surface area (TPSA) is 105 Å². The average molecular weight is 409 g/mol. The number of rotatable bonds is 8. The lowest BCUT2D eigenvalue weighted by Crippen LogP contribution is -2.52. The number of carbonyl (C=O) groups is 3. The summed E-state index contributed by atoms with van der Waals surface area (Å²) in [7, 11) is 0. The average Bonchev–Trinajstić information content (AvgIpc) is 2.71. The van der Waals surface area contributed by atoms with Crippen LogP contribution in [0.15, 0.2) is 30.3 Å². The third kappa shape index (κ3) is 6.33. The van der Waals surface area contributed by atoms with Crippen LogP contribution in [0, 0.1) is 0 Å². The number of urea groups is 1. The van der Waals surface area contributed by atoms with Gasteiger partial charge in [-0.2, -0.15) is 11.8 Å². The number of nitrogens with zero attached hydrogens (tertiary/aromatic N) is 2. The lowest BCUT2D eigenvalue weighted by Gasteiger charge is -2.37. The van der Waals surface area contributed by atoms with Crippen LogP contribution in [0.3, 0.4) is 0 Å². The molecular formula is C19H28N4O4S. The Morgan fingerprint density at radius 3 is 2.39 bits per heavy atom. The van der Waals surface area contributed by atoms with Crippen LogP contribution in [-0.4, -0.2) is 73.1 Å². The maximum atomic E-state index is 12.6. The lowest BCUT2D eigenvalue weighted by molar-refractivity contribution is -0.160. The van der Waals surface area contributed by atoms with Gasteiger partial charge in [-0.05, 0) is 37.5 Å². The number of piperazine rings is 1. The number of esters is 1. The van der Waals surface area contributed by atoms with Gasteiger partial charge in [-0.1, -0.05) is 18.2 Å². The fourth-order valence-electron chi connectivity index (χ4n) is 3.04. The number of nitrogens with two attached hydrogens (primary N) is 1. The van der Waals surface area contributed by atoms with Crippen LogP contribution in [0.5, 0.6) is 0 Å². The fourth-order valence-corrected chi connectivity index (χ4v) is 3.52. The van der Waals surface area contributed by atoms with Crippen molar-refractivity contribution in [3.63, 3.8) is 0 Å². The molecule has 0 spiro atoms.